The van der Waals surface area contributed by atoms with Gasteiger partial charge in [-0.2, -0.15) is 0 Å². The van der Waals surface area contributed by atoms with Gasteiger partial charge in [0.2, 0.25) is 11.9 Å². The van der Waals surface area contributed by atoms with Gasteiger partial charge in [-0.05, 0) is 55.3 Å². The lowest BCUT2D eigenvalue weighted by molar-refractivity contribution is -0.114. The highest BCUT2D eigenvalue weighted by Crippen LogP contribution is 2.25. The van der Waals surface area contributed by atoms with Gasteiger partial charge in [-0.25, -0.2) is 9.97 Å². The Morgan fingerprint density at radius 3 is 2.47 bits per heavy atom. The molecule has 178 valence electrons. The quantitative estimate of drug-likeness (QED) is 0.494. The Hall–Kier alpha value is -3.45. The van der Waals surface area contributed by atoms with E-state index in [1.807, 2.05) is 36.4 Å². The van der Waals surface area contributed by atoms with Crippen molar-refractivity contribution in [3.05, 3.63) is 60.8 Å². The highest BCUT2D eigenvalue weighted by Gasteiger charge is 2.17. The van der Waals surface area contributed by atoms with Gasteiger partial charge in [-0.1, -0.05) is 32.0 Å². The van der Waals surface area contributed by atoms with Crippen molar-refractivity contribution in [3.8, 4) is 11.3 Å². The van der Waals surface area contributed by atoms with Gasteiger partial charge in [0, 0.05) is 61.9 Å². The van der Waals surface area contributed by atoms with Crippen LogP contribution in [0.3, 0.4) is 0 Å². The normalized spacial score (nSPS) is 14.3. The van der Waals surface area contributed by atoms with Crippen molar-refractivity contribution >= 4 is 28.9 Å². The minimum atomic E-state index is -0.0866. The fourth-order valence-electron chi connectivity index (χ4n) is 4.09. The molecule has 7 nitrogen and oxygen atoms in total. The molecule has 0 bridgehead atoms. The van der Waals surface area contributed by atoms with Crippen LogP contribution in [0.4, 0.5) is 23.0 Å². The lowest BCUT2D eigenvalue weighted by Gasteiger charge is -2.36. The second kappa shape index (κ2) is 11.1. The maximum absolute atomic E-state index is 11.2. The van der Waals surface area contributed by atoms with Gasteiger partial charge in [0.05, 0.1) is 5.69 Å². The third-order valence-electron chi connectivity index (χ3n) is 6.02. The highest BCUT2D eigenvalue weighted by molar-refractivity contribution is 5.88. The molecule has 1 saturated heterocycles. The number of hydrogen-bond donors (Lipinski definition) is 2. The van der Waals surface area contributed by atoms with Crippen LogP contribution >= 0.6 is 0 Å². The average molecular weight is 459 g/mol. The first-order valence-corrected chi connectivity index (χ1v) is 12.0. The maximum Gasteiger partial charge on any atom is 0.227 e. The number of carbonyl (C=O) groups is 1. The fourth-order valence-corrected chi connectivity index (χ4v) is 4.09. The van der Waals surface area contributed by atoms with Crippen LogP contribution in [0.25, 0.3) is 11.3 Å². The second-order valence-corrected chi connectivity index (χ2v) is 9.21. The summed E-state index contributed by atoms with van der Waals surface area (Å²) in [7, 11) is 0. The molecule has 0 aliphatic carbocycles. The SMILES string of the molecule is CC(=O)Nc1ccc(-c2ccnc(Nc3cccc(N4CCN(CCC(C)C)CC4)c3)n2)cc1. The van der Waals surface area contributed by atoms with E-state index in [4.69, 9.17) is 0 Å². The minimum Gasteiger partial charge on any atom is -0.369 e. The average Bonchev–Trinajstić information content (AvgIpc) is 2.83. The summed E-state index contributed by atoms with van der Waals surface area (Å²) in [4.78, 5) is 25.3. The van der Waals surface area contributed by atoms with Crippen LogP contribution in [0, 0.1) is 5.92 Å². The molecule has 1 aromatic heterocycles. The van der Waals surface area contributed by atoms with Crippen LogP contribution in [0.15, 0.2) is 60.8 Å². The zero-order chi connectivity index (χ0) is 23.9. The van der Waals surface area contributed by atoms with Crippen LogP contribution in [0.2, 0.25) is 0 Å². The number of nitrogens with zero attached hydrogens (tertiary/aromatic N) is 4. The van der Waals surface area contributed by atoms with Gasteiger partial charge in [-0.3, -0.25) is 9.69 Å². The number of hydrogen-bond acceptors (Lipinski definition) is 6. The van der Waals surface area contributed by atoms with E-state index in [9.17, 15) is 4.79 Å². The summed E-state index contributed by atoms with van der Waals surface area (Å²) in [5, 5.41) is 6.14. The molecular formula is C27H34N6O. The summed E-state index contributed by atoms with van der Waals surface area (Å²) in [6.45, 7) is 11.6. The van der Waals surface area contributed by atoms with E-state index in [1.54, 1.807) is 6.20 Å². The van der Waals surface area contributed by atoms with E-state index >= 15 is 0 Å². The zero-order valence-electron chi connectivity index (χ0n) is 20.3. The molecule has 0 radical (unpaired) electrons. The maximum atomic E-state index is 11.2. The van der Waals surface area contributed by atoms with Crippen molar-refractivity contribution in [2.24, 2.45) is 5.92 Å². The number of anilines is 4. The topological polar surface area (TPSA) is 73.4 Å². The van der Waals surface area contributed by atoms with Gasteiger partial charge in [0.25, 0.3) is 0 Å². The molecule has 1 aliphatic heterocycles. The van der Waals surface area contributed by atoms with Crippen LogP contribution in [0.1, 0.15) is 27.2 Å². The first kappa shape index (κ1) is 23.7. The van der Waals surface area contributed by atoms with Gasteiger partial charge in [0.15, 0.2) is 0 Å². The highest BCUT2D eigenvalue weighted by atomic mass is 16.1. The van der Waals surface area contributed by atoms with Crippen molar-refractivity contribution in [1.29, 1.82) is 0 Å². The molecule has 34 heavy (non-hydrogen) atoms. The molecule has 1 fully saturated rings. The van der Waals surface area contributed by atoms with E-state index in [0.29, 0.717) is 5.95 Å². The first-order chi connectivity index (χ1) is 16.5. The molecule has 2 aromatic carbocycles. The van der Waals surface area contributed by atoms with Gasteiger partial charge >= 0.3 is 0 Å². The third-order valence-corrected chi connectivity index (χ3v) is 6.02. The van der Waals surface area contributed by atoms with Crippen molar-refractivity contribution in [2.75, 3.05) is 48.3 Å². The van der Waals surface area contributed by atoms with Crippen LogP contribution in [-0.4, -0.2) is 53.5 Å². The lowest BCUT2D eigenvalue weighted by atomic mass is 10.1. The molecule has 2 heterocycles. The van der Waals surface area contributed by atoms with Crippen molar-refractivity contribution in [3.63, 3.8) is 0 Å². The Morgan fingerprint density at radius 1 is 1.00 bits per heavy atom. The standard InChI is InChI=1S/C27H34N6O/c1-20(2)12-14-32-15-17-33(18-16-32)25-6-4-5-24(19-25)30-27-28-13-11-26(31-27)22-7-9-23(10-8-22)29-21(3)34/h4-11,13,19-20H,12,14-18H2,1-3H3,(H,29,34)(H,28,30,31). The Bertz CT molecular complexity index is 1090. The Kier molecular flexibility index (Phi) is 7.75. The molecule has 0 saturated carbocycles. The van der Waals surface area contributed by atoms with E-state index in [0.717, 1.165) is 54.7 Å². The minimum absolute atomic E-state index is 0.0866. The number of aromatic nitrogens is 2. The summed E-state index contributed by atoms with van der Waals surface area (Å²) in [5.74, 6) is 1.22. The summed E-state index contributed by atoms with van der Waals surface area (Å²) < 4.78 is 0. The smallest absolute Gasteiger partial charge is 0.227 e. The molecular weight excluding hydrogens is 424 g/mol. The van der Waals surface area contributed by atoms with Crippen molar-refractivity contribution in [1.82, 2.24) is 14.9 Å². The molecule has 0 spiro atoms. The van der Waals surface area contributed by atoms with Gasteiger partial charge in [-0.15, -0.1) is 0 Å². The molecule has 7 heteroatoms. The van der Waals surface area contributed by atoms with Gasteiger partial charge < -0.3 is 15.5 Å². The number of piperazine rings is 1. The summed E-state index contributed by atoms with van der Waals surface area (Å²) in [5.41, 5.74) is 4.74. The number of amides is 1. The summed E-state index contributed by atoms with van der Waals surface area (Å²) in [6, 6.07) is 18.0. The summed E-state index contributed by atoms with van der Waals surface area (Å²) >= 11 is 0. The molecule has 4 rings (SSSR count). The third kappa shape index (κ3) is 6.54. The first-order valence-electron chi connectivity index (χ1n) is 12.0. The van der Waals surface area contributed by atoms with Crippen LogP contribution in [0.5, 0.6) is 0 Å². The predicted molar refractivity (Wildman–Crippen MR) is 140 cm³/mol. The van der Waals surface area contributed by atoms with Crippen LogP contribution in [-0.2, 0) is 4.79 Å². The molecule has 2 N–H and O–H groups in total. The van der Waals surface area contributed by atoms with E-state index in [2.05, 4.69) is 62.4 Å². The molecule has 1 amide bonds. The Balaban J connectivity index is 1.39. The molecule has 1 aliphatic rings. The van der Waals surface area contributed by atoms with Crippen LogP contribution < -0.4 is 15.5 Å². The number of benzene rings is 2. The zero-order valence-corrected chi connectivity index (χ0v) is 20.3. The Morgan fingerprint density at radius 2 is 1.76 bits per heavy atom. The number of carbonyl (C=O) groups excluding carboxylic acids is 1. The second-order valence-electron chi connectivity index (χ2n) is 9.21. The van der Waals surface area contributed by atoms with E-state index in [-0.39, 0.29) is 5.91 Å². The number of nitrogens with one attached hydrogen (secondary N) is 2. The monoisotopic (exact) mass is 458 g/mol. The predicted octanol–water partition coefficient (Wildman–Crippen LogP) is 5.01. The van der Waals surface area contributed by atoms with Crippen molar-refractivity contribution < 1.29 is 4.79 Å². The number of rotatable bonds is 8. The van der Waals surface area contributed by atoms with Crippen molar-refractivity contribution in [2.45, 2.75) is 27.2 Å². The molecule has 3 aromatic rings. The van der Waals surface area contributed by atoms with E-state index in [1.165, 1.54) is 25.6 Å². The summed E-state index contributed by atoms with van der Waals surface area (Å²) in [6.07, 6.45) is 3.02. The van der Waals surface area contributed by atoms with E-state index < -0.39 is 0 Å². The van der Waals surface area contributed by atoms with Gasteiger partial charge in [0.1, 0.15) is 0 Å². The molecule has 0 atom stereocenters. The molecule has 0 unspecified atom stereocenters. The Labute approximate surface area is 202 Å². The fraction of sp³-hybridized carbons (Fsp3) is 0.370. The lowest BCUT2D eigenvalue weighted by Crippen LogP contribution is -2.46. The largest absolute Gasteiger partial charge is 0.369 e.